The molecule has 14 heavy (non-hydrogen) atoms. The van der Waals surface area contributed by atoms with Crippen LogP contribution in [0.4, 0.5) is 10.1 Å². The zero-order chi connectivity index (χ0) is 10.1. The summed E-state index contributed by atoms with van der Waals surface area (Å²) in [5.74, 6) is -0.363. The van der Waals surface area contributed by atoms with Gasteiger partial charge in [-0.25, -0.2) is 4.39 Å². The van der Waals surface area contributed by atoms with Gasteiger partial charge >= 0.3 is 0 Å². The average molecular weight is 196 g/mol. The first-order valence-corrected chi connectivity index (χ1v) is 4.35. The molecule has 0 saturated carbocycles. The molecule has 2 rings (SSSR count). The monoisotopic (exact) mass is 196 g/mol. The Morgan fingerprint density at radius 1 is 1.43 bits per heavy atom. The first-order valence-electron chi connectivity index (χ1n) is 4.35. The number of fused-ring (bicyclic) bond motifs is 1. The number of nitrogens with zero attached hydrogens (tertiary/aromatic N) is 1. The predicted molar refractivity (Wildman–Crippen MR) is 48.5 cm³/mol. The summed E-state index contributed by atoms with van der Waals surface area (Å²) < 4.78 is 13.3. The van der Waals surface area contributed by atoms with Crippen molar-refractivity contribution in [2.24, 2.45) is 0 Å². The molecule has 0 saturated heterocycles. The molecule has 1 aromatic rings. The van der Waals surface area contributed by atoms with Gasteiger partial charge in [0.1, 0.15) is 5.82 Å². The smallest absolute Gasteiger partial charge is 0.273 e. The molecular weight excluding hydrogens is 187 g/mol. The topological polar surface area (TPSA) is 55.2 Å². The van der Waals surface area contributed by atoms with Gasteiger partial charge < -0.3 is 5.32 Å². The van der Waals surface area contributed by atoms with E-state index in [2.05, 4.69) is 5.32 Å². The highest BCUT2D eigenvalue weighted by atomic mass is 19.1. The maximum absolute atomic E-state index is 13.3. The largest absolute Gasteiger partial charge is 0.312 e. The molecule has 0 amide bonds. The third-order valence-corrected chi connectivity index (χ3v) is 2.40. The molecule has 1 N–H and O–H groups in total. The summed E-state index contributed by atoms with van der Waals surface area (Å²) in [7, 11) is 0. The number of nitro groups is 1. The van der Waals surface area contributed by atoms with Gasteiger partial charge in [-0.1, -0.05) is 0 Å². The second-order valence-electron chi connectivity index (χ2n) is 3.21. The summed E-state index contributed by atoms with van der Waals surface area (Å²) in [6, 6.07) is 2.39. The molecule has 0 radical (unpaired) electrons. The molecule has 74 valence electrons. The van der Waals surface area contributed by atoms with Crippen molar-refractivity contribution < 1.29 is 9.31 Å². The van der Waals surface area contributed by atoms with E-state index in [1.165, 1.54) is 6.07 Å². The van der Waals surface area contributed by atoms with Crippen LogP contribution in [0.15, 0.2) is 12.1 Å². The lowest BCUT2D eigenvalue weighted by atomic mass is 9.99. The minimum absolute atomic E-state index is 0.0305. The zero-order valence-electron chi connectivity index (χ0n) is 7.42. The molecule has 0 spiro atoms. The number of hydrogen-bond acceptors (Lipinski definition) is 3. The maximum Gasteiger partial charge on any atom is 0.273 e. The van der Waals surface area contributed by atoms with E-state index in [1.54, 1.807) is 0 Å². The highest BCUT2D eigenvalue weighted by Gasteiger charge is 2.22. The Balaban J connectivity index is 2.59. The fraction of sp³-hybridized carbons (Fsp3) is 0.333. The lowest BCUT2D eigenvalue weighted by Crippen LogP contribution is -2.25. The SMILES string of the molecule is O=[N+]([O-])c1ccc(F)c2c1CCNC2. The summed E-state index contributed by atoms with van der Waals surface area (Å²) in [6.07, 6.45) is 0.517. The van der Waals surface area contributed by atoms with E-state index in [1.807, 2.05) is 0 Å². The van der Waals surface area contributed by atoms with E-state index in [0.29, 0.717) is 30.6 Å². The fourth-order valence-corrected chi connectivity index (χ4v) is 1.72. The van der Waals surface area contributed by atoms with Gasteiger partial charge in [-0.3, -0.25) is 10.1 Å². The van der Waals surface area contributed by atoms with Gasteiger partial charge in [-0.15, -0.1) is 0 Å². The molecular formula is C9H9FN2O2. The molecule has 0 aromatic heterocycles. The van der Waals surface area contributed by atoms with E-state index in [-0.39, 0.29) is 11.5 Å². The van der Waals surface area contributed by atoms with Crippen LogP contribution in [0.3, 0.4) is 0 Å². The van der Waals surface area contributed by atoms with Crippen molar-refractivity contribution in [2.45, 2.75) is 13.0 Å². The highest BCUT2D eigenvalue weighted by Crippen LogP contribution is 2.26. The van der Waals surface area contributed by atoms with Crippen molar-refractivity contribution >= 4 is 5.69 Å². The molecule has 5 heteroatoms. The quantitative estimate of drug-likeness (QED) is 0.545. The maximum atomic E-state index is 13.3. The molecule has 1 aliphatic heterocycles. The first-order chi connectivity index (χ1) is 6.70. The van der Waals surface area contributed by atoms with Crippen molar-refractivity contribution in [3.05, 3.63) is 39.2 Å². The Bertz CT molecular complexity index is 393. The van der Waals surface area contributed by atoms with Crippen LogP contribution in [0.5, 0.6) is 0 Å². The molecule has 1 aromatic carbocycles. The van der Waals surface area contributed by atoms with Crippen LogP contribution in [0, 0.1) is 15.9 Å². The third kappa shape index (κ3) is 1.35. The van der Waals surface area contributed by atoms with Crippen molar-refractivity contribution in [3.8, 4) is 0 Å². The molecule has 0 atom stereocenters. The molecule has 1 heterocycles. The Kier molecular flexibility index (Phi) is 2.17. The number of nitro benzene ring substituents is 1. The molecule has 0 bridgehead atoms. The Morgan fingerprint density at radius 2 is 2.21 bits per heavy atom. The Hall–Kier alpha value is -1.49. The van der Waals surface area contributed by atoms with E-state index < -0.39 is 4.92 Å². The van der Waals surface area contributed by atoms with Crippen molar-refractivity contribution in [1.29, 1.82) is 0 Å². The standard InChI is InChI=1S/C9H9FN2O2/c10-8-1-2-9(12(13)14)6-3-4-11-5-7(6)8/h1-2,11H,3-5H2. The number of hydrogen-bond donors (Lipinski definition) is 1. The van der Waals surface area contributed by atoms with Crippen LogP contribution in [0.1, 0.15) is 11.1 Å². The normalized spacial score (nSPS) is 14.9. The van der Waals surface area contributed by atoms with Crippen LogP contribution in [0.2, 0.25) is 0 Å². The predicted octanol–water partition coefficient (Wildman–Crippen LogP) is 1.38. The van der Waals surface area contributed by atoms with E-state index in [9.17, 15) is 14.5 Å². The summed E-state index contributed by atoms with van der Waals surface area (Å²) in [4.78, 5) is 10.2. The van der Waals surface area contributed by atoms with Gasteiger partial charge in [0.15, 0.2) is 0 Å². The summed E-state index contributed by atoms with van der Waals surface area (Å²) in [5.41, 5.74) is 1.00. The first kappa shape index (κ1) is 9.08. The summed E-state index contributed by atoms with van der Waals surface area (Å²) in [6.45, 7) is 1.04. The summed E-state index contributed by atoms with van der Waals surface area (Å²) >= 11 is 0. The highest BCUT2D eigenvalue weighted by molar-refractivity contribution is 5.47. The Labute approximate surface area is 79.9 Å². The van der Waals surface area contributed by atoms with Crippen LogP contribution < -0.4 is 5.32 Å². The van der Waals surface area contributed by atoms with Gasteiger partial charge in [-0.2, -0.15) is 0 Å². The van der Waals surface area contributed by atoms with Gasteiger partial charge in [0, 0.05) is 23.7 Å². The van der Waals surface area contributed by atoms with E-state index >= 15 is 0 Å². The Morgan fingerprint density at radius 3 is 2.93 bits per heavy atom. The van der Waals surface area contributed by atoms with Crippen LogP contribution >= 0.6 is 0 Å². The van der Waals surface area contributed by atoms with Crippen molar-refractivity contribution in [1.82, 2.24) is 5.32 Å². The summed E-state index contributed by atoms with van der Waals surface area (Å²) in [5, 5.41) is 13.6. The molecule has 4 nitrogen and oxygen atoms in total. The molecule has 0 aliphatic carbocycles. The van der Waals surface area contributed by atoms with Gasteiger partial charge in [-0.05, 0) is 19.0 Å². The van der Waals surface area contributed by atoms with E-state index in [4.69, 9.17) is 0 Å². The number of benzene rings is 1. The lowest BCUT2D eigenvalue weighted by Gasteiger charge is -2.17. The molecule has 0 unspecified atom stereocenters. The number of rotatable bonds is 1. The van der Waals surface area contributed by atoms with Crippen LogP contribution in [0.25, 0.3) is 0 Å². The minimum Gasteiger partial charge on any atom is -0.312 e. The lowest BCUT2D eigenvalue weighted by molar-refractivity contribution is -0.385. The van der Waals surface area contributed by atoms with Crippen LogP contribution in [-0.2, 0) is 13.0 Å². The van der Waals surface area contributed by atoms with Crippen LogP contribution in [-0.4, -0.2) is 11.5 Å². The van der Waals surface area contributed by atoms with Gasteiger partial charge in [0.05, 0.1) is 4.92 Å². The fourth-order valence-electron chi connectivity index (χ4n) is 1.72. The third-order valence-electron chi connectivity index (χ3n) is 2.40. The second kappa shape index (κ2) is 3.34. The van der Waals surface area contributed by atoms with Gasteiger partial charge in [0.25, 0.3) is 5.69 Å². The molecule has 0 fully saturated rings. The second-order valence-corrected chi connectivity index (χ2v) is 3.21. The molecule has 1 aliphatic rings. The number of halogens is 1. The average Bonchev–Trinajstić information content (AvgIpc) is 2.18. The van der Waals surface area contributed by atoms with Crippen molar-refractivity contribution in [3.63, 3.8) is 0 Å². The van der Waals surface area contributed by atoms with Crippen molar-refractivity contribution in [2.75, 3.05) is 6.54 Å². The van der Waals surface area contributed by atoms with Gasteiger partial charge in [0.2, 0.25) is 0 Å². The zero-order valence-corrected chi connectivity index (χ0v) is 7.42. The number of nitrogens with one attached hydrogen (secondary N) is 1. The minimum atomic E-state index is -0.455. The van der Waals surface area contributed by atoms with E-state index in [0.717, 1.165) is 6.07 Å².